The molecular formula is C12H11Cl2N3OS. The molecule has 0 unspecified atom stereocenters. The van der Waals surface area contributed by atoms with Gasteiger partial charge in [0.1, 0.15) is 0 Å². The number of benzene rings is 1. The fourth-order valence-electron chi connectivity index (χ4n) is 1.24. The topological polar surface area (TPSA) is 47.9 Å². The zero-order chi connectivity index (χ0) is 13.7. The molecule has 0 amide bonds. The number of nitrogens with zero attached hydrogens (tertiary/aromatic N) is 3. The van der Waals surface area contributed by atoms with E-state index >= 15 is 0 Å². The molecule has 0 fully saturated rings. The van der Waals surface area contributed by atoms with Crippen LogP contribution in [0.15, 0.2) is 34.3 Å². The molecule has 0 aliphatic rings. The molecule has 0 aliphatic carbocycles. The van der Waals surface area contributed by atoms with Crippen LogP contribution in [0.1, 0.15) is 13.3 Å². The zero-order valence-electron chi connectivity index (χ0n) is 10.1. The first-order valence-corrected chi connectivity index (χ1v) is 7.23. The summed E-state index contributed by atoms with van der Waals surface area (Å²) in [5, 5.41) is 1.20. The van der Waals surface area contributed by atoms with Crippen molar-refractivity contribution in [2.24, 2.45) is 0 Å². The summed E-state index contributed by atoms with van der Waals surface area (Å²) in [4.78, 5) is 13.0. The van der Waals surface area contributed by atoms with Crippen molar-refractivity contribution in [1.29, 1.82) is 0 Å². The summed E-state index contributed by atoms with van der Waals surface area (Å²) in [5.41, 5.74) is 0. The van der Waals surface area contributed by atoms with Gasteiger partial charge in [-0.2, -0.15) is 15.0 Å². The average molecular weight is 316 g/mol. The second-order valence-electron chi connectivity index (χ2n) is 3.55. The molecule has 0 saturated carbocycles. The maximum absolute atomic E-state index is 6.08. The number of halogens is 2. The summed E-state index contributed by atoms with van der Waals surface area (Å²) >= 11 is 13.2. The predicted octanol–water partition coefficient (Wildman–Crippen LogP) is 4.12. The van der Waals surface area contributed by atoms with E-state index in [-0.39, 0.29) is 11.3 Å². The largest absolute Gasteiger partial charge is 0.463 e. The average Bonchev–Trinajstić information content (AvgIpc) is 2.38. The van der Waals surface area contributed by atoms with Crippen LogP contribution in [0.2, 0.25) is 10.3 Å². The second kappa shape index (κ2) is 6.93. The van der Waals surface area contributed by atoms with E-state index in [2.05, 4.69) is 15.0 Å². The standard InChI is InChI=1S/C12H11Cl2N3OS/c1-2-7-18-11-15-10(14)16-12(17-11)19-9-6-4-3-5-8(9)13/h3-6H,2,7H2,1H3. The van der Waals surface area contributed by atoms with Crippen molar-refractivity contribution >= 4 is 35.0 Å². The Hall–Kier alpha value is -1.04. The molecule has 0 radical (unpaired) electrons. The third kappa shape index (κ3) is 4.23. The fraction of sp³-hybridized carbons (Fsp3) is 0.250. The Labute approximate surface area is 125 Å². The molecule has 4 nitrogen and oxygen atoms in total. The van der Waals surface area contributed by atoms with Crippen LogP contribution in [0, 0.1) is 0 Å². The Morgan fingerprint density at radius 3 is 2.68 bits per heavy atom. The molecule has 1 aromatic heterocycles. The normalized spacial score (nSPS) is 10.5. The Morgan fingerprint density at radius 2 is 1.95 bits per heavy atom. The molecule has 100 valence electrons. The molecule has 0 saturated heterocycles. The van der Waals surface area contributed by atoms with Crippen molar-refractivity contribution in [1.82, 2.24) is 15.0 Å². The van der Waals surface area contributed by atoms with Crippen LogP contribution < -0.4 is 4.74 Å². The van der Waals surface area contributed by atoms with Gasteiger partial charge in [-0.05, 0) is 41.9 Å². The number of ether oxygens (including phenoxy) is 1. The SMILES string of the molecule is CCCOc1nc(Cl)nc(Sc2ccccc2Cl)n1. The highest BCUT2D eigenvalue weighted by atomic mass is 35.5. The highest BCUT2D eigenvalue weighted by molar-refractivity contribution is 7.99. The Balaban J connectivity index is 2.20. The van der Waals surface area contributed by atoms with Crippen molar-refractivity contribution in [3.05, 3.63) is 34.6 Å². The first kappa shape index (κ1) is 14.4. The molecule has 2 aromatic rings. The number of rotatable bonds is 5. The first-order chi connectivity index (χ1) is 9.19. The monoisotopic (exact) mass is 315 g/mol. The first-order valence-electron chi connectivity index (χ1n) is 5.66. The van der Waals surface area contributed by atoms with Crippen molar-refractivity contribution in [3.63, 3.8) is 0 Å². The maximum Gasteiger partial charge on any atom is 0.321 e. The van der Waals surface area contributed by atoms with E-state index in [0.717, 1.165) is 11.3 Å². The molecule has 0 aliphatic heterocycles. The molecule has 1 aromatic carbocycles. The summed E-state index contributed by atoms with van der Waals surface area (Å²) in [6, 6.07) is 7.68. The number of hydrogen-bond acceptors (Lipinski definition) is 5. The lowest BCUT2D eigenvalue weighted by atomic mass is 10.4. The van der Waals surface area contributed by atoms with Crippen LogP contribution in [-0.2, 0) is 0 Å². The lowest BCUT2D eigenvalue weighted by molar-refractivity contribution is 0.288. The molecule has 0 spiro atoms. The van der Waals surface area contributed by atoms with Gasteiger partial charge in [0, 0.05) is 4.90 Å². The zero-order valence-corrected chi connectivity index (χ0v) is 12.5. The van der Waals surface area contributed by atoms with Crippen LogP contribution in [0.25, 0.3) is 0 Å². The third-order valence-corrected chi connectivity index (χ3v) is 3.59. The van der Waals surface area contributed by atoms with Crippen molar-refractivity contribution < 1.29 is 4.74 Å². The highest BCUT2D eigenvalue weighted by Crippen LogP contribution is 2.31. The summed E-state index contributed by atoms with van der Waals surface area (Å²) < 4.78 is 5.35. The fourth-order valence-corrected chi connectivity index (χ4v) is 2.46. The Kier molecular flexibility index (Phi) is 5.24. The lowest BCUT2D eigenvalue weighted by Gasteiger charge is -2.05. The van der Waals surface area contributed by atoms with Gasteiger partial charge in [0.05, 0.1) is 11.6 Å². The molecular weight excluding hydrogens is 305 g/mol. The van der Waals surface area contributed by atoms with Gasteiger partial charge in [0.15, 0.2) is 5.16 Å². The van der Waals surface area contributed by atoms with Crippen LogP contribution in [0.4, 0.5) is 0 Å². The lowest BCUT2D eigenvalue weighted by Crippen LogP contribution is -2.02. The van der Waals surface area contributed by atoms with Gasteiger partial charge < -0.3 is 4.74 Å². The van der Waals surface area contributed by atoms with E-state index < -0.39 is 0 Å². The van der Waals surface area contributed by atoms with E-state index in [4.69, 9.17) is 27.9 Å². The maximum atomic E-state index is 6.08. The minimum atomic E-state index is 0.107. The molecule has 19 heavy (non-hydrogen) atoms. The van der Waals surface area contributed by atoms with E-state index in [1.54, 1.807) is 6.07 Å². The van der Waals surface area contributed by atoms with Crippen LogP contribution in [0.5, 0.6) is 6.01 Å². The van der Waals surface area contributed by atoms with Gasteiger partial charge in [-0.25, -0.2) is 0 Å². The van der Waals surface area contributed by atoms with Crippen molar-refractivity contribution in [3.8, 4) is 6.01 Å². The minimum absolute atomic E-state index is 0.107. The molecule has 7 heteroatoms. The summed E-state index contributed by atoms with van der Waals surface area (Å²) in [7, 11) is 0. The summed E-state index contributed by atoms with van der Waals surface area (Å²) in [5.74, 6) is 0. The van der Waals surface area contributed by atoms with Crippen molar-refractivity contribution in [2.75, 3.05) is 6.61 Å². The summed E-state index contributed by atoms with van der Waals surface area (Å²) in [6.45, 7) is 2.54. The number of hydrogen-bond donors (Lipinski definition) is 0. The molecule has 1 heterocycles. The second-order valence-corrected chi connectivity index (χ2v) is 5.30. The van der Waals surface area contributed by atoms with Crippen LogP contribution in [-0.4, -0.2) is 21.6 Å². The Bertz CT molecular complexity index is 568. The van der Waals surface area contributed by atoms with E-state index in [1.807, 2.05) is 25.1 Å². The van der Waals surface area contributed by atoms with Gasteiger partial charge >= 0.3 is 6.01 Å². The van der Waals surface area contributed by atoms with Gasteiger partial charge in [0.25, 0.3) is 0 Å². The minimum Gasteiger partial charge on any atom is -0.463 e. The van der Waals surface area contributed by atoms with Gasteiger partial charge in [-0.15, -0.1) is 0 Å². The van der Waals surface area contributed by atoms with E-state index in [9.17, 15) is 0 Å². The van der Waals surface area contributed by atoms with Gasteiger partial charge in [0.2, 0.25) is 5.28 Å². The molecule has 0 atom stereocenters. The molecule has 2 rings (SSSR count). The van der Waals surface area contributed by atoms with Crippen molar-refractivity contribution in [2.45, 2.75) is 23.4 Å². The predicted molar refractivity (Wildman–Crippen MR) is 76.2 cm³/mol. The highest BCUT2D eigenvalue weighted by Gasteiger charge is 2.09. The third-order valence-electron chi connectivity index (χ3n) is 2.04. The molecule has 0 bridgehead atoms. The van der Waals surface area contributed by atoms with E-state index in [1.165, 1.54) is 11.8 Å². The van der Waals surface area contributed by atoms with Crippen LogP contribution >= 0.6 is 35.0 Å². The molecule has 0 N–H and O–H groups in total. The van der Waals surface area contributed by atoms with Crippen LogP contribution in [0.3, 0.4) is 0 Å². The Morgan fingerprint density at radius 1 is 1.16 bits per heavy atom. The van der Waals surface area contributed by atoms with Gasteiger partial charge in [-0.1, -0.05) is 30.7 Å². The smallest absolute Gasteiger partial charge is 0.321 e. The summed E-state index contributed by atoms with van der Waals surface area (Å²) in [6.07, 6.45) is 0.871. The van der Waals surface area contributed by atoms with E-state index in [0.29, 0.717) is 16.8 Å². The quantitative estimate of drug-likeness (QED) is 0.830. The van der Waals surface area contributed by atoms with Gasteiger partial charge in [-0.3, -0.25) is 0 Å². The number of aromatic nitrogens is 3.